The summed E-state index contributed by atoms with van der Waals surface area (Å²) < 4.78 is 73.9. The van der Waals surface area contributed by atoms with Crippen LogP contribution in [0.15, 0.2) is 35.1 Å². The Morgan fingerprint density at radius 1 is 1.29 bits per heavy atom. The van der Waals surface area contributed by atoms with Crippen LogP contribution in [0, 0.1) is 0 Å². The predicted molar refractivity (Wildman–Crippen MR) is 97.1 cm³/mol. The molecule has 1 aromatic carbocycles. The van der Waals surface area contributed by atoms with Crippen molar-refractivity contribution in [2.24, 2.45) is 0 Å². The fraction of sp³-hybridized carbons (Fsp3) is 0.421. The third-order valence-electron chi connectivity index (χ3n) is 4.84. The third kappa shape index (κ3) is 5.19. The van der Waals surface area contributed by atoms with Crippen LogP contribution in [0.1, 0.15) is 29.3 Å². The van der Waals surface area contributed by atoms with E-state index in [4.69, 9.17) is 9.84 Å². The number of halogens is 5. The molecule has 1 atom stereocenters. The number of aromatic nitrogens is 2. The summed E-state index contributed by atoms with van der Waals surface area (Å²) in [5, 5.41) is 12.9. The van der Waals surface area contributed by atoms with Crippen LogP contribution in [-0.2, 0) is 17.5 Å². The molecule has 1 aliphatic heterocycles. The number of carbonyl (C=O) groups is 1. The van der Waals surface area contributed by atoms with E-state index in [1.165, 1.54) is 19.2 Å². The first-order chi connectivity index (χ1) is 14.4. The summed E-state index contributed by atoms with van der Waals surface area (Å²) in [7, 11) is 1.43. The molecule has 0 radical (unpaired) electrons. The fourth-order valence-electron chi connectivity index (χ4n) is 3.45. The highest BCUT2D eigenvalue weighted by atomic mass is 19.4. The third-order valence-corrected chi connectivity index (χ3v) is 4.84. The van der Waals surface area contributed by atoms with Crippen molar-refractivity contribution < 1.29 is 36.6 Å². The van der Waals surface area contributed by atoms with Crippen LogP contribution in [0.3, 0.4) is 0 Å². The van der Waals surface area contributed by atoms with E-state index in [9.17, 15) is 31.5 Å². The molecule has 0 saturated carbocycles. The molecule has 2 aromatic rings. The average Bonchev–Trinajstić information content (AvgIpc) is 2.96. The first kappa shape index (κ1) is 22.7. The van der Waals surface area contributed by atoms with Gasteiger partial charge >= 0.3 is 12.1 Å². The Hall–Kier alpha value is -3.02. The number of ether oxygens (including phenoxy) is 1. The number of alkyl halides is 5. The number of hydrogen-bond donors (Lipinski definition) is 1. The van der Waals surface area contributed by atoms with E-state index in [1.54, 1.807) is 12.1 Å². The second-order valence-electron chi connectivity index (χ2n) is 7.17. The Morgan fingerprint density at radius 2 is 1.94 bits per heavy atom. The lowest BCUT2D eigenvalue weighted by atomic mass is 10.1. The molecule has 0 bridgehead atoms. The highest BCUT2D eigenvalue weighted by molar-refractivity contribution is 5.69. The second-order valence-corrected chi connectivity index (χ2v) is 7.17. The number of likely N-dealkylation sites (tertiary alicyclic amines) is 1. The van der Waals surface area contributed by atoms with Crippen LogP contribution < -0.4 is 10.3 Å². The van der Waals surface area contributed by atoms with E-state index in [2.05, 4.69) is 5.10 Å². The highest BCUT2D eigenvalue weighted by Crippen LogP contribution is 2.41. The SMILES string of the molecule is COc1ccc(Cn2nc([C@@H]3CC(F)(F)CN3CC(=O)O)cc(C(F)(F)F)c2=O)cc1. The zero-order valence-electron chi connectivity index (χ0n) is 16.2. The monoisotopic (exact) mass is 447 g/mol. The lowest BCUT2D eigenvalue weighted by Gasteiger charge is -2.22. The van der Waals surface area contributed by atoms with E-state index in [1.807, 2.05) is 0 Å². The van der Waals surface area contributed by atoms with E-state index in [0.717, 1.165) is 4.90 Å². The number of nitrogens with zero attached hydrogens (tertiary/aromatic N) is 3. The van der Waals surface area contributed by atoms with Gasteiger partial charge in [-0.05, 0) is 23.8 Å². The molecule has 0 spiro atoms. The van der Waals surface area contributed by atoms with Crippen molar-refractivity contribution in [1.29, 1.82) is 0 Å². The topological polar surface area (TPSA) is 84.7 Å². The van der Waals surface area contributed by atoms with Crippen LogP contribution in [0.25, 0.3) is 0 Å². The van der Waals surface area contributed by atoms with Crippen LogP contribution >= 0.6 is 0 Å². The van der Waals surface area contributed by atoms with Crippen LogP contribution in [0.2, 0.25) is 0 Å². The lowest BCUT2D eigenvalue weighted by Crippen LogP contribution is -2.35. The summed E-state index contributed by atoms with van der Waals surface area (Å²) in [4.78, 5) is 24.3. The molecule has 12 heteroatoms. The molecule has 1 saturated heterocycles. The number of carboxylic acids is 1. The summed E-state index contributed by atoms with van der Waals surface area (Å²) in [6.07, 6.45) is -5.96. The van der Waals surface area contributed by atoms with E-state index < -0.39 is 60.4 Å². The first-order valence-electron chi connectivity index (χ1n) is 9.05. The largest absolute Gasteiger partial charge is 0.497 e. The number of aliphatic carboxylic acids is 1. The van der Waals surface area contributed by atoms with Gasteiger partial charge in [0.15, 0.2) is 0 Å². The molecular weight excluding hydrogens is 429 g/mol. The maximum absolute atomic E-state index is 13.9. The van der Waals surface area contributed by atoms with Crippen molar-refractivity contribution in [3.8, 4) is 5.75 Å². The van der Waals surface area contributed by atoms with Gasteiger partial charge in [0, 0.05) is 6.42 Å². The molecule has 168 valence electrons. The van der Waals surface area contributed by atoms with Gasteiger partial charge in [0.2, 0.25) is 0 Å². The molecule has 1 aromatic heterocycles. The van der Waals surface area contributed by atoms with Crippen molar-refractivity contribution in [2.45, 2.75) is 31.1 Å². The van der Waals surface area contributed by atoms with Crippen molar-refractivity contribution in [3.63, 3.8) is 0 Å². The van der Waals surface area contributed by atoms with E-state index >= 15 is 0 Å². The summed E-state index contributed by atoms with van der Waals surface area (Å²) in [6, 6.07) is 5.16. The van der Waals surface area contributed by atoms with Gasteiger partial charge in [0.05, 0.1) is 38.5 Å². The first-order valence-corrected chi connectivity index (χ1v) is 9.05. The molecule has 1 fully saturated rings. The summed E-state index contributed by atoms with van der Waals surface area (Å²) in [5.74, 6) is -4.23. The highest BCUT2D eigenvalue weighted by Gasteiger charge is 2.47. The summed E-state index contributed by atoms with van der Waals surface area (Å²) in [5.41, 5.74) is -3.00. The smallest absolute Gasteiger partial charge is 0.421 e. The van der Waals surface area contributed by atoms with Crippen LogP contribution in [0.4, 0.5) is 22.0 Å². The summed E-state index contributed by atoms with van der Waals surface area (Å²) >= 11 is 0. The Labute approximate surface area is 172 Å². The molecule has 2 heterocycles. The fourth-order valence-corrected chi connectivity index (χ4v) is 3.45. The van der Waals surface area contributed by atoms with Gasteiger partial charge in [0.25, 0.3) is 11.5 Å². The number of benzene rings is 1. The molecule has 0 unspecified atom stereocenters. The van der Waals surface area contributed by atoms with Crippen molar-refractivity contribution in [2.75, 3.05) is 20.2 Å². The normalized spacial score (nSPS) is 18.8. The van der Waals surface area contributed by atoms with Gasteiger partial charge in [-0.1, -0.05) is 12.1 Å². The van der Waals surface area contributed by atoms with Crippen molar-refractivity contribution in [3.05, 3.63) is 57.5 Å². The van der Waals surface area contributed by atoms with Gasteiger partial charge < -0.3 is 9.84 Å². The Morgan fingerprint density at radius 3 is 2.48 bits per heavy atom. The molecular formula is C19H18F5N3O4. The van der Waals surface area contributed by atoms with Gasteiger partial charge in [-0.2, -0.15) is 18.3 Å². The molecule has 31 heavy (non-hydrogen) atoms. The second kappa shape index (κ2) is 8.25. The zero-order valence-corrected chi connectivity index (χ0v) is 16.2. The van der Waals surface area contributed by atoms with E-state index in [-0.39, 0.29) is 6.54 Å². The minimum Gasteiger partial charge on any atom is -0.497 e. The van der Waals surface area contributed by atoms with Crippen molar-refractivity contribution >= 4 is 5.97 Å². The van der Waals surface area contributed by atoms with Gasteiger partial charge in [-0.15, -0.1) is 0 Å². The van der Waals surface area contributed by atoms with Gasteiger partial charge in [-0.3, -0.25) is 14.5 Å². The van der Waals surface area contributed by atoms with Gasteiger partial charge in [-0.25, -0.2) is 13.5 Å². The lowest BCUT2D eigenvalue weighted by molar-refractivity contribution is -0.140. The number of carboxylic acid groups (broad SMARTS) is 1. The molecule has 0 amide bonds. The minimum atomic E-state index is -5.05. The minimum absolute atomic E-state index is 0.345. The van der Waals surface area contributed by atoms with Crippen LogP contribution in [-0.4, -0.2) is 51.9 Å². The Bertz CT molecular complexity index is 1020. The molecule has 1 aliphatic rings. The molecule has 1 N–H and O–H groups in total. The zero-order chi connectivity index (χ0) is 23.0. The number of hydrogen-bond acceptors (Lipinski definition) is 5. The van der Waals surface area contributed by atoms with Crippen LogP contribution in [0.5, 0.6) is 5.75 Å². The molecule has 7 nitrogen and oxygen atoms in total. The standard InChI is InChI=1S/C19H18F5N3O4/c1-31-12-4-2-11(3-5-12)8-27-17(30)13(19(22,23)24)6-14(25-27)15-7-18(20,21)10-26(15)9-16(28)29/h2-6,15H,7-10H2,1H3,(H,28,29)/t15-/m0/s1. The molecule has 0 aliphatic carbocycles. The van der Waals surface area contributed by atoms with Crippen molar-refractivity contribution in [1.82, 2.24) is 14.7 Å². The Kier molecular flexibility index (Phi) is 6.03. The maximum atomic E-state index is 13.9. The number of rotatable bonds is 6. The maximum Gasteiger partial charge on any atom is 0.421 e. The quantitative estimate of drug-likeness (QED) is 0.686. The van der Waals surface area contributed by atoms with Gasteiger partial charge in [0.1, 0.15) is 11.3 Å². The van der Waals surface area contributed by atoms with E-state index in [0.29, 0.717) is 22.1 Å². The average molecular weight is 447 g/mol. The number of methoxy groups -OCH3 is 1. The molecule has 3 rings (SSSR count). The predicted octanol–water partition coefficient (Wildman–Crippen LogP) is 2.79. The summed E-state index contributed by atoms with van der Waals surface area (Å²) in [6.45, 7) is -2.09. The Balaban J connectivity index is 2.06.